The number of benzene rings is 2. The first-order valence-corrected chi connectivity index (χ1v) is 7.23. The van der Waals surface area contributed by atoms with Crippen molar-refractivity contribution in [2.75, 3.05) is 0 Å². The van der Waals surface area contributed by atoms with Crippen LogP contribution in [0.3, 0.4) is 0 Å². The van der Waals surface area contributed by atoms with Crippen LogP contribution < -0.4 is 4.74 Å². The quantitative estimate of drug-likeness (QED) is 0.557. The predicted molar refractivity (Wildman–Crippen MR) is 81.0 cm³/mol. The average molecular weight is 375 g/mol. The monoisotopic (exact) mass is 374 g/mol. The number of hydrogen-bond acceptors (Lipinski definition) is 4. The second kappa shape index (κ2) is 6.33. The minimum atomic E-state index is -3.75. The van der Waals surface area contributed by atoms with Crippen LogP contribution in [0.15, 0.2) is 47.0 Å². The third kappa shape index (κ3) is 3.63. The lowest BCUT2D eigenvalue weighted by atomic mass is 10.2. The second-order valence-electron chi connectivity index (χ2n) is 4.63. The van der Waals surface area contributed by atoms with Gasteiger partial charge >= 0.3 is 11.3 Å². The number of alkyl halides is 3. The zero-order valence-corrected chi connectivity index (χ0v) is 13.2. The molecule has 124 valence electrons. The van der Waals surface area contributed by atoms with Gasteiger partial charge in [-0.15, -0.1) is 0 Å². The van der Waals surface area contributed by atoms with Crippen molar-refractivity contribution in [1.29, 1.82) is 0 Å². The summed E-state index contributed by atoms with van der Waals surface area (Å²) in [5.41, 5.74) is 0.363. The van der Waals surface area contributed by atoms with Gasteiger partial charge in [-0.2, -0.15) is 13.8 Å². The summed E-state index contributed by atoms with van der Waals surface area (Å²) < 4.78 is 48.9. The molecule has 0 aliphatic heterocycles. The van der Waals surface area contributed by atoms with Gasteiger partial charge in [0.25, 0.3) is 0 Å². The molecular weight excluding hydrogens is 368 g/mol. The molecule has 0 fully saturated rings. The van der Waals surface area contributed by atoms with Crippen LogP contribution in [0.4, 0.5) is 13.2 Å². The molecule has 4 nitrogen and oxygen atoms in total. The summed E-state index contributed by atoms with van der Waals surface area (Å²) in [6.07, 6.45) is 0. The Labute approximate surface area is 143 Å². The van der Waals surface area contributed by atoms with Gasteiger partial charge in [0.1, 0.15) is 17.3 Å². The Hall–Kier alpha value is -2.25. The van der Waals surface area contributed by atoms with Gasteiger partial charge in [-0.25, -0.2) is 4.39 Å². The van der Waals surface area contributed by atoms with Gasteiger partial charge in [-0.1, -0.05) is 28.9 Å². The van der Waals surface area contributed by atoms with E-state index in [0.29, 0.717) is 11.3 Å². The molecule has 0 bridgehead atoms. The molecule has 0 N–H and O–H groups in total. The summed E-state index contributed by atoms with van der Waals surface area (Å²) in [7, 11) is 0. The van der Waals surface area contributed by atoms with Gasteiger partial charge in [0.15, 0.2) is 0 Å². The lowest BCUT2D eigenvalue weighted by molar-refractivity contribution is 0.0551. The molecule has 2 aromatic carbocycles. The normalized spacial score (nSPS) is 11.5. The molecule has 9 heteroatoms. The van der Waals surface area contributed by atoms with Crippen molar-refractivity contribution in [3.8, 4) is 22.9 Å². The minimum absolute atomic E-state index is 0.0824. The van der Waals surface area contributed by atoms with E-state index in [0.717, 1.165) is 6.07 Å². The van der Waals surface area contributed by atoms with Crippen LogP contribution in [0.25, 0.3) is 11.4 Å². The predicted octanol–water partition coefficient (Wildman–Crippen LogP) is 5.61. The maximum Gasteiger partial charge on any atom is 0.400 e. The highest BCUT2D eigenvalue weighted by atomic mass is 35.5. The van der Waals surface area contributed by atoms with E-state index in [1.807, 2.05) is 0 Å². The lowest BCUT2D eigenvalue weighted by Gasteiger charge is -2.08. The molecule has 0 radical (unpaired) electrons. The molecule has 0 aliphatic rings. The maximum absolute atomic E-state index is 13.0. The molecule has 0 atom stereocenters. The van der Waals surface area contributed by atoms with E-state index in [4.69, 9.17) is 27.9 Å². The van der Waals surface area contributed by atoms with E-state index in [1.54, 1.807) is 18.2 Å². The molecule has 0 aliphatic carbocycles. The summed E-state index contributed by atoms with van der Waals surface area (Å²) in [5, 5.41) is -0.214. The van der Waals surface area contributed by atoms with Crippen molar-refractivity contribution in [3.05, 3.63) is 59.2 Å². The third-order valence-electron chi connectivity index (χ3n) is 2.88. The van der Waals surface area contributed by atoms with Crippen LogP contribution in [0, 0.1) is 5.82 Å². The number of ether oxygens (including phenoxy) is 1. The van der Waals surface area contributed by atoms with Crippen molar-refractivity contribution < 1.29 is 22.4 Å². The zero-order valence-electron chi connectivity index (χ0n) is 11.6. The molecule has 0 saturated carbocycles. The first-order valence-electron chi connectivity index (χ1n) is 6.47. The Morgan fingerprint density at radius 3 is 2.58 bits per heavy atom. The van der Waals surface area contributed by atoms with E-state index in [2.05, 4.69) is 14.7 Å². The molecule has 3 aromatic rings. The van der Waals surface area contributed by atoms with Crippen LogP contribution in [0.1, 0.15) is 5.89 Å². The molecule has 0 spiro atoms. The van der Waals surface area contributed by atoms with Gasteiger partial charge in [-0.05, 0) is 41.9 Å². The van der Waals surface area contributed by atoms with Crippen LogP contribution in [-0.2, 0) is 5.38 Å². The van der Waals surface area contributed by atoms with Crippen molar-refractivity contribution in [1.82, 2.24) is 10.1 Å². The summed E-state index contributed by atoms with van der Waals surface area (Å²) in [5.74, 6) is -1.03. The van der Waals surface area contributed by atoms with E-state index in [9.17, 15) is 13.2 Å². The Kier molecular flexibility index (Phi) is 4.38. The topological polar surface area (TPSA) is 48.2 Å². The summed E-state index contributed by atoms with van der Waals surface area (Å²) >= 11 is 10.7. The smallest absolute Gasteiger partial charge is 0.400 e. The van der Waals surface area contributed by atoms with Crippen LogP contribution in [-0.4, -0.2) is 10.1 Å². The average Bonchev–Trinajstić information content (AvgIpc) is 3.01. The maximum atomic E-state index is 13.0. The molecule has 0 amide bonds. The molecule has 0 unspecified atom stereocenters. The molecule has 24 heavy (non-hydrogen) atoms. The number of nitrogens with zero attached hydrogens (tertiary/aromatic N) is 2. The summed E-state index contributed by atoms with van der Waals surface area (Å²) in [4.78, 5) is 3.54. The van der Waals surface area contributed by atoms with E-state index in [-0.39, 0.29) is 16.6 Å². The van der Waals surface area contributed by atoms with E-state index in [1.165, 1.54) is 18.2 Å². The number of rotatable bonds is 4. The highest BCUT2D eigenvalue weighted by Gasteiger charge is 2.35. The molecule has 0 saturated heterocycles. The fraction of sp³-hybridized carbons (Fsp3) is 0.0667. The fourth-order valence-electron chi connectivity index (χ4n) is 1.84. The van der Waals surface area contributed by atoms with E-state index >= 15 is 0 Å². The SMILES string of the molecule is Fc1ccc(Oc2cccc(-c3noc(C(F)(F)Cl)n3)c2)c(Cl)c1. The molecular formula is C15H7Cl2F3N2O2. The first kappa shape index (κ1) is 16.6. The zero-order chi connectivity index (χ0) is 17.3. The first-order chi connectivity index (χ1) is 11.3. The van der Waals surface area contributed by atoms with Crippen LogP contribution in [0.5, 0.6) is 11.5 Å². The van der Waals surface area contributed by atoms with Crippen molar-refractivity contribution in [2.45, 2.75) is 5.38 Å². The summed E-state index contributed by atoms with van der Waals surface area (Å²) in [6, 6.07) is 9.91. The third-order valence-corrected chi connectivity index (χ3v) is 3.34. The largest absolute Gasteiger partial charge is 0.456 e. The highest BCUT2D eigenvalue weighted by molar-refractivity contribution is 6.32. The van der Waals surface area contributed by atoms with Gasteiger partial charge in [-0.3, -0.25) is 0 Å². The van der Waals surface area contributed by atoms with E-state index < -0.39 is 17.1 Å². The van der Waals surface area contributed by atoms with Crippen molar-refractivity contribution in [3.63, 3.8) is 0 Å². The van der Waals surface area contributed by atoms with Crippen LogP contribution in [0.2, 0.25) is 5.02 Å². The Bertz CT molecular complexity index is 881. The number of aromatic nitrogens is 2. The number of halogens is 5. The standard InChI is InChI=1S/C15H7Cl2F3N2O2/c16-11-7-9(18)4-5-12(11)23-10-3-1-2-8(6-10)13-21-14(24-22-13)15(17,19)20/h1-7H. The lowest BCUT2D eigenvalue weighted by Crippen LogP contribution is -2.03. The molecule has 1 aromatic heterocycles. The van der Waals surface area contributed by atoms with Gasteiger partial charge in [0, 0.05) is 5.56 Å². The highest BCUT2D eigenvalue weighted by Crippen LogP contribution is 2.34. The molecule has 3 rings (SSSR count). The minimum Gasteiger partial charge on any atom is -0.456 e. The number of hydrogen-bond donors (Lipinski definition) is 0. The van der Waals surface area contributed by atoms with Crippen molar-refractivity contribution in [2.24, 2.45) is 0 Å². The molecule has 1 heterocycles. The van der Waals surface area contributed by atoms with Gasteiger partial charge < -0.3 is 9.26 Å². The fourth-order valence-corrected chi connectivity index (χ4v) is 2.12. The Balaban J connectivity index is 1.88. The Morgan fingerprint density at radius 1 is 1.12 bits per heavy atom. The van der Waals surface area contributed by atoms with Crippen LogP contribution >= 0.6 is 23.2 Å². The van der Waals surface area contributed by atoms with Gasteiger partial charge in [0.2, 0.25) is 5.82 Å². The van der Waals surface area contributed by atoms with Crippen molar-refractivity contribution >= 4 is 23.2 Å². The summed E-state index contributed by atoms with van der Waals surface area (Å²) in [6.45, 7) is 0. The Morgan fingerprint density at radius 2 is 1.92 bits per heavy atom. The second-order valence-corrected chi connectivity index (χ2v) is 5.51. The van der Waals surface area contributed by atoms with Gasteiger partial charge in [0.05, 0.1) is 5.02 Å².